The lowest BCUT2D eigenvalue weighted by molar-refractivity contribution is -0.0567. The molecule has 0 bridgehead atoms. The molecule has 0 spiro atoms. The van der Waals surface area contributed by atoms with Crippen LogP contribution >= 0.6 is 0 Å². The minimum absolute atomic E-state index is 0.00995. The second-order valence-corrected chi connectivity index (χ2v) is 6.64. The number of ether oxygens (including phenoxy) is 2. The van der Waals surface area contributed by atoms with Gasteiger partial charge in [0.2, 0.25) is 0 Å². The maximum absolute atomic E-state index is 12.8. The monoisotopic (exact) mass is 342 g/mol. The molecule has 25 heavy (non-hydrogen) atoms. The third kappa shape index (κ3) is 3.88. The van der Waals surface area contributed by atoms with Gasteiger partial charge in [-0.25, -0.2) is 4.98 Å². The van der Waals surface area contributed by atoms with E-state index in [-0.39, 0.29) is 18.1 Å². The molecular formula is C18H22N4O3. The van der Waals surface area contributed by atoms with Crippen LogP contribution in [0.15, 0.2) is 30.6 Å². The number of amides is 1. The fourth-order valence-electron chi connectivity index (χ4n) is 3.07. The molecule has 2 aliphatic rings. The Morgan fingerprint density at radius 3 is 3.00 bits per heavy atom. The molecule has 1 aliphatic heterocycles. The van der Waals surface area contributed by atoms with Crippen molar-refractivity contribution in [2.45, 2.75) is 31.4 Å². The molecule has 0 radical (unpaired) electrons. The zero-order valence-electron chi connectivity index (χ0n) is 14.0. The zero-order chi connectivity index (χ0) is 17.1. The molecule has 1 aliphatic carbocycles. The minimum Gasteiger partial charge on any atom is -0.379 e. The predicted molar refractivity (Wildman–Crippen MR) is 91.0 cm³/mol. The maximum atomic E-state index is 12.8. The molecule has 132 valence electrons. The Hall–Kier alpha value is -2.25. The summed E-state index contributed by atoms with van der Waals surface area (Å²) in [4.78, 5) is 17.0. The number of hydrogen-bond acceptors (Lipinski definition) is 5. The molecule has 2 N–H and O–H groups in total. The number of carbonyl (C=O) groups is 1. The van der Waals surface area contributed by atoms with Crippen LogP contribution in [0.3, 0.4) is 0 Å². The lowest BCUT2D eigenvalue weighted by Gasteiger charge is -2.32. The zero-order valence-corrected chi connectivity index (χ0v) is 14.0. The van der Waals surface area contributed by atoms with Gasteiger partial charge in [0.25, 0.3) is 5.91 Å². The Morgan fingerprint density at radius 2 is 2.20 bits per heavy atom. The van der Waals surface area contributed by atoms with E-state index in [0.717, 1.165) is 18.6 Å². The molecule has 7 heteroatoms. The van der Waals surface area contributed by atoms with Gasteiger partial charge in [-0.1, -0.05) is 18.2 Å². The maximum Gasteiger partial charge on any atom is 0.252 e. The van der Waals surface area contributed by atoms with Crippen LogP contribution in [0.2, 0.25) is 0 Å². The second kappa shape index (κ2) is 7.33. The smallest absolute Gasteiger partial charge is 0.252 e. The van der Waals surface area contributed by atoms with Crippen molar-refractivity contribution in [1.29, 1.82) is 0 Å². The number of nitrogens with one attached hydrogen (secondary N) is 2. The standard InChI is InChI=1S/C18H22N4O3/c23-18(14-4-2-1-3-13(14)17-19-11-20-22-17)21-15-10-24-8-7-16(15)25-9-12-5-6-12/h1-4,11-12,15-16H,5-10H2,(H,21,23)(H,19,20,22)/t15-,16+/m1/s1. The molecule has 1 aromatic carbocycles. The molecular weight excluding hydrogens is 320 g/mol. The van der Waals surface area contributed by atoms with Crippen LogP contribution in [0.5, 0.6) is 0 Å². The fourth-order valence-corrected chi connectivity index (χ4v) is 3.07. The first-order valence-electron chi connectivity index (χ1n) is 8.76. The summed E-state index contributed by atoms with van der Waals surface area (Å²) in [7, 11) is 0. The van der Waals surface area contributed by atoms with E-state index in [1.807, 2.05) is 18.2 Å². The molecule has 1 saturated carbocycles. The Bertz CT molecular complexity index is 715. The van der Waals surface area contributed by atoms with Crippen molar-refractivity contribution in [2.24, 2.45) is 5.92 Å². The van der Waals surface area contributed by atoms with Gasteiger partial charge in [0.05, 0.1) is 24.3 Å². The number of rotatable bonds is 6. The molecule has 1 aromatic heterocycles. The molecule has 7 nitrogen and oxygen atoms in total. The van der Waals surface area contributed by atoms with Crippen LogP contribution in [-0.2, 0) is 9.47 Å². The van der Waals surface area contributed by atoms with Gasteiger partial charge in [-0.05, 0) is 31.2 Å². The average molecular weight is 342 g/mol. The molecule has 0 unspecified atom stereocenters. The Labute approximate surface area is 146 Å². The van der Waals surface area contributed by atoms with Gasteiger partial charge in [-0.3, -0.25) is 9.89 Å². The van der Waals surface area contributed by atoms with Gasteiger partial charge in [-0.15, -0.1) is 0 Å². The Morgan fingerprint density at radius 1 is 1.32 bits per heavy atom. The van der Waals surface area contributed by atoms with Gasteiger partial charge < -0.3 is 14.8 Å². The molecule has 4 rings (SSSR count). The average Bonchev–Trinajstić information content (AvgIpc) is 3.32. The topological polar surface area (TPSA) is 89.1 Å². The van der Waals surface area contributed by atoms with Crippen LogP contribution in [0.1, 0.15) is 29.6 Å². The number of aromatic amines is 1. The quantitative estimate of drug-likeness (QED) is 0.835. The van der Waals surface area contributed by atoms with Gasteiger partial charge >= 0.3 is 0 Å². The highest BCUT2D eigenvalue weighted by Gasteiger charge is 2.31. The highest BCUT2D eigenvalue weighted by atomic mass is 16.5. The van der Waals surface area contributed by atoms with E-state index in [1.54, 1.807) is 6.07 Å². The van der Waals surface area contributed by atoms with E-state index < -0.39 is 0 Å². The van der Waals surface area contributed by atoms with Crippen molar-refractivity contribution in [3.63, 3.8) is 0 Å². The highest BCUT2D eigenvalue weighted by Crippen LogP contribution is 2.30. The highest BCUT2D eigenvalue weighted by molar-refractivity contribution is 6.00. The summed E-state index contributed by atoms with van der Waals surface area (Å²) in [6.45, 7) is 1.94. The number of benzene rings is 1. The summed E-state index contributed by atoms with van der Waals surface area (Å²) in [6.07, 6.45) is 4.76. The summed E-state index contributed by atoms with van der Waals surface area (Å²) in [5.74, 6) is 1.13. The Balaban J connectivity index is 1.47. The van der Waals surface area contributed by atoms with Crippen LogP contribution in [0, 0.1) is 5.92 Å². The molecule has 2 fully saturated rings. The summed E-state index contributed by atoms with van der Waals surface area (Å²) < 4.78 is 11.6. The Kier molecular flexibility index (Phi) is 4.76. The summed E-state index contributed by atoms with van der Waals surface area (Å²) in [6, 6.07) is 7.22. The molecule has 2 heterocycles. The second-order valence-electron chi connectivity index (χ2n) is 6.64. The first kappa shape index (κ1) is 16.2. The van der Waals surface area contributed by atoms with Gasteiger partial charge in [0.15, 0.2) is 5.82 Å². The largest absolute Gasteiger partial charge is 0.379 e. The van der Waals surface area contributed by atoms with E-state index in [9.17, 15) is 4.79 Å². The van der Waals surface area contributed by atoms with Crippen molar-refractivity contribution in [1.82, 2.24) is 20.5 Å². The van der Waals surface area contributed by atoms with E-state index in [2.05, 4.69) is 20.5 Å². The minimum atomic E-state index is -0.150. The number of nitrogens with zero attached hydrogens (tertiary/aromatic N) is 2. The van der Waals surface area contributed by atoms with Gasteiger partial charge in [0, 0.05) is 18.8 Å². The lowest BCUT2D eigenvalue weighted by Crippen LogP contribution is -2.50. The first-order valence-corrected chi connectivity index (χ1v) is 8.76. The normalized spacial score (nSPS) is 23.4. The van der Waals surface area contributed by atoms with Gasteiger partial charge in [-0.2, -0.15) is 5.10 Å². The van der Waals surface area contributed by atoms with E-state index >= 15 is 0 Å². The third-order valence-electron chi connectivity index (χ3n) is 4.69. The SMILES string of the molecule is O=C(N[C@@H]1COCC[C@@H]1OCC1CC1)c1ccccc1-c1ncn[nH]1. The lowest BCUT2D eigenvalue weighted by atomic mass is 10.0. The third-order valence-corrected chi connectivity index (χ3v) is 4.69. The number of hydrogen-bond donors (Lipinski definition) is 2. The van der Waals surface area contributed by atoms with Crippen molar-refractivity contribution in [3.8, 4) is 11.4 Å². The summed E-state index contributed by atoms with van der Waals surface area (Å²) >= 11 is 0. The van der Waals surface area contributed by atoms with Gasteiger partial charge in [0.1, 0.15) is 6.33 Å². The summed E-state index contributed by atoms with van der Waals surface area (Å²) in [5, 5.41) is 9.76. The van der Waals surface area contributed by atoms with E-state index in [1.165, 1.54) is 19.2 Å². The van der Waals surface area contributed by atoms with Crippen LogP contribution in [-0.4, -0.2) is 53.1 Å². The number of aromatic nitrogens is 3. The van der Waals surface area contributed by atoms with Crippen molar-refractivity contribution < 1.29 is 14.3 Å². The molecule has 2 atom stereocenters. The van der Waals surface area contributed by atoms with Crippen molar-refractivity contribution in [2.75, 3.05) is 19.8 Å². The number of H-pyrrole nitrogens is 1. The van der Waals surface area contributed by atoms with E-state index in [4.69, 9.17) is 9.47 Å². The molecule has 1 amide bonds. The van der Waals surface area contributed by atoms with Crippen molar-refractivity contribution >= 4 is 5.91 Å². The van der Waals surface area contributed by atoms with Crippen LogP contribution in [0.4, 0.5) is 0 Å². The summed E-state index contributed by atoms with van der Waals surface area (Å²) in [5.41, 5.74) is 1.29. The predicted octanol–water partition coefficient (Wildman–Crippen LogP) is 1.79. The molecule has 2 aromatic rings. The van der Waals surface area contributed by atoms with Crippen LogP contribution < -0.4 is 5.32 Å². The molecule has 1 saturated heterocycles. The van der Waals surface area contributed by atoms with E-state index in [0.29, 0.717) is 30.5 Å². The van der Waals surface area contributed by atoms with Crippen molar-refractivity contribution in [3.05, 3.63) is 36.2 Å². The first-order chi connectivity index (χ1) is 12.3. The van der Waals surface area contributed by atoms with Crippen LogP contribution in [0.25, 0.3) is 11.4 Å². The fraction of sp³-hybridized carbons (Fsp3) is 0.500. The number of carbonyl (C=O) groups excluding carboxylic acids is 1.